The molecule has 2 amide bonds. The van der Waals surface area contributed by atoms with Crippen molar-refractivity contribution in [2.45, 2.75) is 13.8 Å². The van der Waals surface area contributed by atoms with Crippen molar-refractivity contribution in [1.29, 1.82) is 0 Å². The molecular formula is C11H14FN3O3. The summed E-state index contributed by atoms with van der Waals surface area (Å²) >= 11 is 0. The average Bonchev–Trinajstić information content (AvgIpc) is 2.29. The van der Waals surface area contributed by atoms with Gasteiger partial charge in [0.1, 0.15) is 5.82 Å². The van der Waals surface area contributed by atoms with Crippen LogP contribution in [0, 0.1) is 15.9 Å². The molecule has 0 bridgehead atoms. The molecule has 6 nitrogen and oxygen atoms in total. The lowest BCUT2D eigenvalue weighted by molar-refractivity contribution is -0.385. The number of nitrogens with zero attached hydrogens (tertiary/aromatic N) is 2. The van der Waals surface area contributed by atoms with Gasteiger partial charge in [0.2, 0.25) is 0 Å². The number of nitro benzene ring substituents is 1. The SMILES string of the molecule is CCN(CC)C(=O)Nc1cc(F)cc([N+](=O)[O-])c1. The second-order valence-electron chi connectivity index (χ2n) is 3.56. The second kappa shape index (κ2) is 5.95. The fourth-order valence-electron chi connectivity index (χ4n) is 1.47. The lowest BCUT2D eigenvalue weighted by Crippen LogP contribution is -2.34. The number of halogens is 1. The zero-order valence-corrected chi connectivity index (χ0v) is 10.1. The van der Waals surface area contributed by atoms with Gasteiger partial charge in [0.05, 0.1) is 16.7 Å². The summed E-state index contributed by atoms with van der Waals surface area (Å²) in [4.78, 5) is 23.0. The molecule has 0 aliphatic carbocycles. The van der Waals surface area contributed by atoms with Gasteiger partial charge in [-0.05, 0) is 19.9 Å². The van der Waals surface area contributed by atoms with Gasteiger partial charge in [-0.25, -0.2) is 9.18 Å². The Kier molecular flexibility index (Phi) is 4.59. The summed E-state index contributed by atoms with van der Waals surface area (Å²) in [6, 6.07) is 2.53. The summed E-state index contributed by atoms with van der Waals surface area (Å²) in [7, 11) is 0. The van der Waals surface area contributed by atoms with Crippen LogP contribution >= 0.6 is 0 Å². The van der Waals surface area contributed by atoms with Gasteiger partial charge in [-0.15, -0.1) is 0 Å². The maximum atomic E-state index is 13.1. The summed E-state index contributed by atoms with van der Waals surface area (Å²) in [5.41, 5.74) is -0.330. The third-order valence-electron chi connectivity index (χ3n) is 2.40. The number of nitro groups is 1. The first-order valence-corrected chi connectivity index (χ1v) is 5.48. The molecule has 0 saturated carbocycles. The number of hydrogen-bond donors (Lipinski definition) is 1. The molecular weight excluding hydrogens is 241 g/mol. The number of benzene rings is 1. The van der Waals surface area contributed by atoms with E-state index in [-0.39, 0.29) is 5.69 Å². The van der Waals surface area contributed by atoms with E-state index in [1.807, 2.05) is 0 Å². The number of amides is 2. The van der Waals surface area contributed by atoms with Crippen LogP contribution in [-0.2, 0) is 0 Å². The Bertz CT molecular complexity index is 461. The standard InChI is InChI=1S/C11H14FN3O3/c1-3-14(4-2)11(16)13-9-5-8(12)6-10(7-9)15(17)18/h5-7H,3-4H2,1-2H3,(H,13,16). The molecule has 0 spiro atoms. The van der Waals surface area contributed by atoms with Gasteiger partial charge in [0.25, 0.3) is 5.69 Å². The summed E-state index contributed by atoms with van der Waals surface area (Å²) < 4.78 is 13.1. The number of anilines is 1. The summed E-state index contributed by atoms with van der Waals surface area (Å²) in [6.45, 7) is 4.60. The smallest absolute Gasteiger partial charge is 0.321 e. The molecule has 1 rings (SSSR count). The average molecular weight is 255 g/mol. The minimum atomic E-state index is -0.765. The minimum Gasteiger partial charge on any atom is -0.325 e. The van der Waals surface area contributed by atoms with Crippen molar-refractivity contribution in [1.82, 2.24) is 4.90 Å². The Hall–Kier alpha value is -2.18. The molecule has 0 unspecified atom stereocenters. The van der Waals surface area contributed by atoms with Crippen molar-refractivity contribution >= 4 is 17.4 Å². The van der Waals surface area contributed by atoms with Gasteiger partial charge >= 0.3 is 6.03 Å². The molecule has 18 heavy (non-hydrogen) atoms. The molecule has 1 aromatic carbocycles. The largest absolute Gasteiger partial charge is 0.325 e. The van der Waals surface area contributed by atoms with Crippen LogP contribution < -0.4 is 5.32 Å². The highest BCUT2D eigenvalue weighted by atomic mass is 19.1. The fourth-order valence-corrected chi connectivity index (χ4v) is 1.47. The number of nitrogens with one attached hydrogen (secondary N) is 1. The van der Waals surface area contributed by atoms with Crippen LogP contribution in [0.15, 0.2) is 18.2 Å². The summed E-state index contributed by atoms with van der Waals surface area (Å²) in [5.74, 6) is -0.765. The molecule has 0 atom stereocenters. The van der Waals surface area contributed by atoms with E-state index in [1.54, 1.807) is 13.8 Å². The Morgan fingerprint density at radius 1 is 1.39 bits per heavy atom. The van der Waals surface area contributed by atoms with Gasteiger partial charge in [0, 0.05) is 19.2 Å². The topological polar surface area (TPSA) is 75.5 Å². The van der Waals surface area contributed by atoms with Crippen molar-refractivity contribution in [3.8, 4) is 0 Å². The first kappa shape index (κ1) is 13.9. The monoisotopic (exact) mass is 255 g/mol. The Morgan fingerprint density at radius 3 is 2.50 bits per heavy atom. The molecule has 98 valence electrons. The molecule has 7 heteroatoms. The van der Waals surface area contributed by atoms with Gasteiger partial charge in [0.15, 0.2) is 0 Å². The normalized spacial score (nSPS) is 9.94. The van der Waals surface area contributed by atoms with Crippen LogP contribution in [0.25, 0.3) is 0 Å². The van der Waals surface area contributed by atoms with Crippen LogP contribution in [0.4, 0.5) is 20.6 Å². The van der Waals surface area contributed by atoms with E-state index in [4.69, 9.17) is 0 Å². The Morgan fingerprint density at radius 2 is 2.00 bits per heavy atom. The van der Waals surface area contributed by atoms with Crippen molar-refractivity contribution < 1.29 is 14.1 Å². The molecule has 0 aliphatic heterocycles. The predicted molar refractivity (Wildman–Crippen MR) is 65.0 cm³/mol. The molecule has 0 radical (unpaired) electrons. The van der Waals surface area contributed by atoms with Crippen LogP contribution in [0.2, 0.25) is 0 Å². The quantitative estimate of drug-likeness (QED) is 0.663. The summed E-state index contributed by atoms with van der Waals surface area (Å²) in [6.07, 6.45) is 0. The predicted octanol–water partition coefficient (Wildman–Crippen LogP) is 2.61. The van der Waals surface area contributed by atoms with Crippen molar-refractivity contribution in [2.24, 2.45) is 0 Å². The highest BCUT2D eigenvalue weighted by Crippen LogP contribution is 2.20. The second-order valence-corrected chi connectivity index (χ2v) is 3.56. The molecule has 0 heterocycles. The molecule has 0 aliphatic rings. The maximum Gasteiger partial charge on any atom is 0.321 e. The number of rotatable bonds is 4. The van der Waals surface area contributed by atoms with Crippen LogP contribution in [0.1, 0.15) is 13.8 Å². The molecule has 1 N–H and O–H groups in total. The van der Waals surface area contributed by atoms with Crippen molar-refractivity contribution in [3.63, 3.8) is 0 Å². The van der Waals surface area contributed by atoms with E-state index in [2.05, 4.69) is 5.32 Å². The number of carbonyl (C=O) groups excluding carboxylic acids is 1. The third kappa shape index (κ3) is 3.41. The first-order valence-electron chi connectivity index (χ1n) is 5.48. The maximum absolute atomic E-state index is 13.1. The highest BCUT2D eigenvalue weighted by Gasteiger charge is 2.14. The summed E-state index contributed by atoms with van der Waals surface area (Å²) in [5, 5.41) is 13.0. The fraction of sp³-hybridized carbons (Fsp3) is 0.364. The molecule has 0 aromatic heterocycles. The van der Waals surface area contributed by atoms with E-state index in [0.717, 1.165) is 18.2 Å². The number of carbonyl (C=O) groups is 1. The number of non-ortho nitro benzene ring substituents is 1. The Balaban J connectivity index is 2.90. The molecule has 1 aromatic rings. The van der Waals surface area contributed by atoms with Gasteiger partial charge < -0.3 is 10.2 Å². The zero-order valence-electron chi connectivity index (χ0n) is 10.1. The van der Waals surface area contributed by atoms with Crippen LogP contribution in [-0.4, -0.2) is 28.9 Å². The molecule has 0 saturated heterocycles. The van der Waals surface area contributed by atoms with Crippen molar-refractivity contribution in [2.75, 3.05) is 18.4 Å². The Labute approximate surface area is 104 Å². The first-order chi connectivity index (χ1) is 8.47. The zero-order chi connectivity index (χ0) is 13.7. The third-order valence-corrected chi connectivity index (χ3v) is 2.40. The van der Waals surface area contributed by atoms with E-state index in [1.165, 1.54) is 4.90 Å². The van der Waals surface area contributed by atoms with E-state index in [0.29, 0.717) is 13.1 Å². The van der Waals surface area contributed by atoms with E-state index >= 15 is 0 Å². The van der Waals surface area contributed by atoms with Gasteiger partial charge in [-0.1, -0.05) is 0 Å². The lowest BCUT2D eigenvalue weighted by atomic mass is 10.2. The number of hydrogen-bond acceptors (Lipinski definition) is 3. The van der Waals surface area contributed by atoms with Gasteiger partial charge in [-0.2, -0.15) is 0 Å². The van der Waals surface area contributed by atoms with E-state index < -0.39 is 22.5 Å². The van der Waals surface area contributed by atoms with Crippen molar-refractivity contribution in [3.05, 3.63) is 34.1 Å². The minimum absolute atomic E-state index is 0.0681. The van der Waals surface area contributed by atoms with E-state index in [9.17, 15) is 19.3 Å². The highest BCUT2D eigenvalue weighted by molar-refractivity contribution is 5.89. The van der Waals surface area contributed by atoms with Gasteiger partial charge in [-0.3, -0.25) is 10.1 Å². The lowest BCUT2D eigenvalue weighted by Gasteiger charge is -2.19. The van der Waals surface area contributed by atoms with Crippen LogP contribution in [0.3, 0.4) is 0 Å². The number of urea groups is 1. The van der Waals surface area contributed by atoms with Crippen LogP contribution in [0.5, 0.6) is 0 Å². The molecule has 0 fully saturated rings.